The lowest BCUT2D eigenvalue weighted by Gasteiger charge is -2.56. The maximum Gasteiger partial charge on any atom is 0.140 e. The Morgan fingerprint density at radius 3 is 2.54 bits per heavy atom. The van der Waals surface area contributed by atoms with Crippen molar-refractivity contribution in [3.8, 4) is 17.2 Å². The fourth-order valence-electron chi connectivity index (χ4n) is 6.25. The van der Waals surface area contributed by atoms with E-state index in [0.717, 1.165) is 67.1 Å². The second kappa shape index (κ2) is 10.5. The minimum atomic E-state index is 0.556. The van der Waals surface area contributed by atoms with Crippen molar-refractivity contribution in [3.05, 3.63) is 71.4 Å². The summed E-state index contributed by atoms with van der Waals surface area (Å²) in [4.78, 5) is 14.6. The molecule has 3 aliphatic rings. The summed E-state index contributed by atoms with van der Waals surface area (Å²) in [5, 5.41) is 14.3. The Labute approximate surface area is 231 Å². The molecule has 7 heterocycles. The molecule has 2 atom stereocenters. The van der Waals surface area contributed by atoms with Gasteiger partial charge >= 0.3 is 0 Å². The molecule has 39 heavy (non-hydrogen) atoms. The first kappa shape index (κ1) is 25.6. The molecule has 0 spiro atoms. The SMILES string of the molecule is Bc1c(CCC(C)C)cn2ncc(C#N)c2c1-c1ccc(N2CC3CC(C2)N3Cc2ccc(CC)nc2)nc1. The minimum Gasteiger partial charge on any atom is -0.353 e. The molecule has 2 unspecified atom stereocenters. The normalized spacial score (nSPS) is 18.9. The van der Waals surface area contributed by atoms with Gasteiger partial charge in [-0.1, -0.05) is 32.3 Å². The first-order chi connectivity index (χ1) is 18.9. The number of rotatable bonds is 8. The average Bonchev–Trinajstić information content (AvgIpc) is 3.37. The van der Waals surface area contributed by atoms with Crippen molar-refractivity contribution in [1.82, 2.24) is 24.5 Å². The number of piperidine rings is 1. The molecule has 8 heteroatoms. The fourth-order valence-corrected chi connectivity index (χ4v) is 6.25. The number of piperazine rings is 1. The van der Waals surface area contributed by atoms with E-state index in [1.54, 1.807) is 6.20 Å². The highest BCUT2D eigenvalue weighted by atomic mass is 15.4. The van der Waals surface area contributed by atoms with Crippen molar-refractivity contribution >= 4 is 24.6 Å². The lowest BCUT2D eigenvalue weighted by atomic mass is 9.81. The molecule has 3 aliphatic heterocycles. The molecule has 7 nitrogen and oxygen atoms in total. The number of aryl methyl sites for hydroxylation is 2. The Bertz CT molecular complexity index is 1510. The summed E-state index contributed by atoms with van der Waals surface area (Å²) in [6.45, 7) is 9.62. The third-order valence-corrected chi connectivity index (χ3v) is 8.60. The summed E-state index contributed by atoms with van der Waals surface area (Å²) in [7, 11) is 2.17. The molecule has 0 N–H and O–H groups in total. The summed E-state index contributed by atoms with van der Waals surface area (Å²) in [6, 6.07) is 12.2. The van der Waals surface area contributed by atoms with Gasteiger partial charge in [0.2, 0.25) is 0 Å². The molecule has 0 aliphatic carbocycles. The predicted molar refractivity (Wildman–Crippen MR) is 158 cm³/mol. The Hall–Kier alpha value is -3.70. The van der Waals surface area contributed by atoms with E-state index in [9.17, 15) is 5.26 Å². The van der Waals surface area contributed by atoms with Gasteiger partial charge in [0.1, 0.15) is 19.7 Å². The van der Waals surface area contributed by atoms with Crippen LogP contribution in [-0.4, -0.2) is 57.5 Å². The number of hydrogen-bond donors (Lipinski definition) is 0. The molecular weight excluding hydrogens is 481 g/mol. The quantitative estimate of drug-likeness (QED) is 0.333. The van der Waals surface area contributed by atoms with E-state index in [1.807, 2.05) is 16.9 Å². The second-order valence-corrected chi connectivity index (χ2v) is 11.6. The molecular formula is C31H36BN7. The number of nitriles is 1. The highest BCUT2D eigenvalue weighted by Crippen LogP contribution is 2.36. The van der Waals surface area contributed by atoms with E-state index in [4.69, 9.17) is 4.98 Å². The molecule has 0 radical (unpaired) electrons. The van der Waals surface area contributed by atoms with Crippen LogP contribution in [0.15, 0.2) is 49.1 Å². The topological polar surface area (TPSA) is 73.4 Å². The summed E-state index contributed by atoms with van der Waals surface area (Å²) >= 11 is 0. The Kier molecular flexibility index (Phi) is 6.86. The van der Waals surface area contributed by atoms with Crippen LogP contribution in [0.2, 0.25) is 0 Å². The molecule has 0 aromatic carbocycles. The van der Waals surface area contributed by atoms with Crippen LogP contribution in [0, 0.1) is 17.2 Å². The van der Waals surface area contributed by atoms with Gasteiger partial charge in [0, 0.05) is 67.1 Å². The van der Waals surface area contributed by atoms with Gasteiger partial charge in [0.05, 0.1) is 17.3 Å². The molecule has 0 saturated carbocycles. The summed E-state index contributed by atoms with van der Waals surface area (Å²) < 4.78 is 1.88. The van der Waals surface area contributed by atoms with E-state index in [1.165, 1.54) is 23.0 Å². The van der Waals surface area contributed by atoms with Gasteiger partial charge in [0.25, 0.3) is 0 Å². The maximum absolute atomic E-state index is 9.78. The molecule has 7 rings (SSSR count). The van der Waals surface area contributed by atoms with Gasteiger partial charge in [-0.3, -0.25) is 9.88 Å². The number of nitrogens with zero attached hydrogens (tertiary/aromatic N) is 7. The van der Waals surface area contributed by atoms with Crippen LogP contribution < -0.4 is 10.4 Å². The molecule has 3 saturated heterocycles. The smallest absolute Gasteiger partial charge is 0.140 e. The summed E-state index contributed by atoms with van der Waals surface area (Å²) in [5.74, 6) is 1.66. The molecule has 198 valence electrons. The number of pyridine rings is 3. The Morgan fingerprint density at radius 2 is 1.90 bits per heavy atom. The zero-order valence-electron chi connectivity index (χ0n) is 23.4. The monoisotopic (exact) mass is 517 g/mol. The molecule has 0 amide bonds. The zero-order valence-corrected chi connectivity index (χ0v) is 23.4. The first-order valence-electron chi connectivity index (χ1n) is 14.3. The number of anilines is 1. The largest absolute Gasteiger partial charge is 0.353 e. The zero-order chi connectivity index (χ0) is 27.1. The van der Waals surface area contributed by atoms with Crippen LogP contribution in [0.25, 0.3) is 16.6 Å². The standard InChI is InChI=1S/C31H36BN7/c1-4-25-9-6-21(13-34-25)16-38-26-11-27(38)19-37(18-26)28-10-8-22(14-35-28)29-30(32)23(7-5-20(2)3)17-39-31(29)24(12-33)15-36-39/h6,8-10,13-15,17,20,26-27H,4-5,7,11,16,18-19,32H2,1-3H3. The van der Waals surface area contributed by atoms with Crippen LogP contribution in [0.4, 0.5) is 5.82 Å². The molecule has 2 bridgehead atoms. The van der Waals surface area contributed by atoms with E-state index < -0.39 is 0 Å². The molecule has 4 aromatic rings. The van der Waals surface area contributed by atoms with Gasteiger partial charge < -0.3 is 4.90 Å². The molecule has 3 fully saturated rings. The third kappa shape index (κ3) is 4.81. The van der Waals surface area contributed by atoms with Gasteiger partial charge in [-0.15, -0.1) is 0 Å². The fraction of sp³-hybridized carbons (Fsp3) is 0.419. The van der Waals surface area contributed by atoms with Crippen LogP contribution >= 0.6 is 0 Å². The van der Waals surface area contributed by atoms with Gasteiger partial charge in [-0.2, -0.15) is 10.4 Å². The number of aromatic nitrogens is 4. The van der Waals surface area contributed by atoms with Crippen molar-refractivity contribution in [2.24, 2.45) is 5.92 Å². The van der Waals surface area contributed by atoms with E-state index >= 15 is 0 Å². The van der Waals surface area contributed by atoms with E-state index in [2.05, 4.69) is 85.0 Å². The number of hydrogen-bond acceptors (Lipinski definition) is 6. The van der Waals surface area contributed by atoms with Crippen LogP contribution in [0.5, 0.6) is 0 Å². The van der Waals surface area contributed by atoms with Gasteiger partial charge in [-0.05, 0) is 60.9 Å². The van der Waals surface area contributed by atoms with Crippen LogP contribution in [0.1, 0.15) is 56.0 Å². The van der Waals surface area contributed by atoms with Crippen molar-refractivity contribution in [1.29, 1.82) is 5.26 Å². The van der Waals surface area contributed by atoms with Crippen molar-refractivity contribution < 1.29 is 0 Å². The van der Waals surface area contributed by atoms with Gasteiger partial charge in [-0.25, -0.2) is 9.50 Å². The first-order valence-corrected chi connectivity index (χ1v) is 14.3. The third-order valence-electron chi connectivity index (χ3n) is 8.60. The van der Waals surface area contributed by atoms with Gasteiger partial charge in [0.15, 0.2) is 0 Å². The van der Waals surface area contributed by atoms with E-state index in [0.29, 0.717) is 23.6 Å². The Morgan fingerprint density at radius 1 is 1.08 bits per heavy atom. The van der Waals surface area contributed by atoms with Crippen LogP contribution in [0.3, 0.4) is 0 Å². The van der Waals surface area contributed by atoms with Crippen molar-refractivity contribution in [2.75, 3.05) is 18.0 Å². The number of fused-ring (bicyclic) bond motifs is 3. The average molecular weight is 517 g/mol. The highest BCUT2D eigenvalue weighted by Gasteiger charge is 2.44. The van der Waals surface area contributed by atoms with E-state index in [-0.39, 0.29) is 0 Å². The van der Waals surface area contributed by atoms with Crippen LogP contribution in [-0.2, 0) is 19.4 Å². The Balaban J connectivity index is 1.22. The van der Waals surface area contributed by atoms with Crippen molar-refractivity contribution in [2.45, 2.75) is 65.1 Å². The summed E-state index contributed by atoms with van der Waals surface area (Å²) in [5.41, 5.74) is 8.52. The predicted octanol–water partition coefficient (Wildman–Crippen LogP) is 3.54. The second-order valence-electron chi connectivity index (χ2n) is 11.6. The van der Waals surface area contributed by atoms with Crippen molar-refractivity contribution in [3.63, 3.8) is 0 Å². The highest BCUT2D eigenvalue weighted by molar-refractivity contribution is 6.38. The molecule has 4 aromatic heterocycles. The maximum atomic E-state index is 9.78. The lowest BCUT2D eigenvalue weighted by molar-refractivity contribution is -0.00875. The lowest BCUT2D eigenvalue weighted by Crippen LogP contribution is -2.68. The minimum absolute atomic E-state index is 0.556. The summed E-state index contributed by atoms with van der Waals surface area (Å²) in [6.07, 6.45) is 12.1.